The van der Waals surface area contributed by atoms with Gasteiger partial charge in [0.1, 0.15) is 11.5 Å². The molecule has 110 valence electrons. The molecule has 8 heteroatoms. The largest absolute Gasteiger partial charge is 0.477 e. The number of aromatic amines is 1. The van der Waals surface area contributed by atoms with Crippen molar-refractivity contribution in [3.05, 3.63) is 58.7 Å². The predicted molar refractivity (Wildman–Crippen MR) is 62.6 cm³/mol. The number of halogens is 4. The van der Waals surface area contributed by atoms with Crippen LogP contribution < -0.4 is 0 Å². The fourth-order valence-corrected chi connectivity index (χ4v) is 1.70. The molecule has 2 N–H and O–H groups in total. The number of aromatic carboxylic acids is 1. The minimum absolute atomic E-state index is 0.132. The smallest absolute Gasteiger partial charge is 0.419 e. The molecule has 0 saturated heterocycles. The number of hydrogen-bond acceptors (Lipinski definition) is 2. The molecule has 0 aliphatic carbocycles. The van der Waals surface area contributed by atoms with E-state index >= 15 is 0 Å². The number of alkyl halides is 3. The Morgan fingerprint density at radius 3 is 2.29 bits per heavy atom. The Balaban J connectivity index is 2.41. The third-order valence-electron chi connectivity index (χ3n) is 2.71. The van der Waals surface area contributed by atoms with Gasteiger partial charge in [0.15, 0.2) is 5.78 Å². The van der Waals surface area contributed by atoms with E-state index in [0.29, 0.717) is 12.1 Å². The van der Waals surface area contributed by atoms with E-state index in [1.54, 1.807) is 0 Å². The summed E-state index contributed by atoms with van der Waals surface area (Å²) in [6.45, 7) is 0. The van der Waals surface area contributed by atoms with Crippen molar-refractivity contribution in [2.45, 2.75) is 6.18 Å². The van der Waals surface area contributed by atoms with E-state index < -0.39 is 29.3 Å². The molecular weight excluding hydrogens is 294 g/mol. The monoisotopic (exact) mass is 301 g/mol. The van der Waals surface area contributed by atoms with Crippen LogP contribution in [0.2, 0.25) is 0 Å². The maximum Gasteiger partial charge on any atom is 0.419 e. The van der Waals surface area contributed by atoms with E-state index in [4.69, 9.17) is 5.11 Å². The van der Waals surface area contributed by atoms with Crippen LogP contribution in [0.25, 0.3) is 0 Å². The van der Waals surface area contributed by atoms with Gasteiger partial charge in [-0.3, -0.25) is 4.79 Å². The summed E-state index contributed by atoms with van der Waals surface area (Å²) in [5, 5.41) is 8.70. The van der Waals surface area contributed by atoms with Crippen LogP contribution in [0.4, 0.5) is 17.6 Å². The van der Waals surface area contributed by atoms with Crippen LogP contribution in [0.5, 0.6) is 0 Å². The molecule has 0 saturated carbocycles. The van der Waals surface area contributed by atoms with Crippen LogP contribution in [0.15, 0.2) is 30.5 Å². The van der Waals surface area contributed by atoms with Crippen LogP contribution in [-0.4, -0.2) is 21.8 Å². The number of hydrogen-bond donors (Lipinski definition) is 2. The van der Waals surface area contributed by atoms with Crippen LogP contribution in [-0.2, 0) is 6.18 Å². The highest BCUT2D eigenvalue weighted by molar-refractivity contribution is 6.09. The number of nitrogens with one attached hydrogen (secondary N) is 1. The summed E-state index contributed by atoms with van der Waals surface area (Å²) in [7, 11) is 0. The first-order valence-electron chi connectivity index (χ1n) is 5.53. The summed E-state index contributed by atoms with van der Waals surface area (Å²) >= 11 is 0. The number of rotatable bonds is 3. The highest BCUT2D eigenvalue weighted by Gasteiger charge is 2.34. The van der Waals surface area contributed by atoms with Gasteiger partial charge in [0.05, 0.1) is 5.56 Å². The first-order chi connectivity index (χ1) is 9.70. The zero-order valence-corrected chi connectivity index (χ0v) is 10.2. The molecule has 21 heavy (non-hydrogen) atoms. The third kappa shape index (κ3) is 2.93. The standard InChI is InChI=1S/C13H7F4NO3/c14-9-2-1-6(3-8(9)13(15,16)17)11(19)7-4-10(12(20)21)18-5-7/h1-5,18H,(H,20,21). The number of carbonyl (C=O) groups is 2. The molecule has 1 aromatic heterocycles. The number of carbonyl (C=O) groups excluding carboxylic acids is 1. The molecule has 0 aliphatic heterocycles. The second kappa shape index (κ2) is 5.04. The molecule has 2 rings (SSSR count). The summed E-state index contributed by atoms with van der Waals surface area (Å²) in [6, 6.07) is 2.83. The first-order valence-corrected chi connectivity index (χ1v) is 5.53. The van der Waals surface area contributed by atoms with Gasteiger partial charge < -0.3 is 10.1 Å². The van der Waals surface area contributed by atoms with Crippen LogP contribution in [0.3, 0.4) is 0 Å². The molecule has 0 unspecified atom stereocenters. The van der Waals surface area contributed by atoms with Crippen molar-refractivity contribution in [2.75, 3.05) is 0 Å². The average molecular weight is 301 g/mol. The topological polar surface area (TPSA) is 70.2 Å². The fourth-order valence-electron chi connectivity index (χ4n) is 1.70. The minimum Gasteiger partial charge on any atom is -0.477 e. The average Bonchev–Trinajstić information content (AvgIpc) is 2.86. The van der Waals surface area contributed by atoms with Crippen LogP contribution in [0, 0.1) is 5.82 Å². The van der Waals surface area contributed by atoms with Gasteiger partial charge in [0.25, 0.3) is 0 Å². The molecule has 0 amide bonds. The lowest BCUT2D eigenvalue weighted by atomic mass is 10.0. The third-order valence-corrected chi connectivity index (χ3v) is 2.71. The zero-order chi connectivity index (χ0) is 15.8. The molecule has 0 fully saturated rings. The van der Waals surface area contributed by atoms with Crippen LogP contribution in [0.1, 0.15) is 32.0 Å². The first kappa shape index (κ1) is 14.8. The Hall–Kier alpha value is -2.64. The number of ketones is 1. The van der Waals surface area contributed by atoms with Gasteiger partial charge in [0, 0.05) is 17.3 Å². The van der Waals surface area contributed by atoms with E-state index in [0.717, 1.165) is 18.3 Å². The van der Waals surface area contributed by atoms with Crippen molar-refractivity contribution >= 4 is 11.8 Å². The van der Waals surface area contributed by atoms with Gasteiger partial charge >= 0.3 is 12.1 Å². The van der Waals surface area contributed by atoms with Gasteiger partial charge in [-0.1, -0.05) is 0 Å². The Kier molecular flexibility index (Phi) is 3.54. The molecule has 2 aromatic rings. The fraction of sp³-hybridized carbons (Fsp3) is 0.0769. The highest BCUT2D eigenvalue weighted by atomic mass is 19.4. The molecule has 0 bridgehead atoms. The minimum atomic E-state index is -4.93. The summed E-state index contributed by atoms with van der Waals surface area (Å²) in [5.41, 5.74) is -2.36. The summed E-state index contributed by atoms with van der Waals surface area (Å²) in [4.78, 5) is 24.9. The number of benzene rings is 1. The Labute approximate surface area is 115 Å². The zero-order valence-electron chi connectivity index (χ0n) is 10.2. The van der Waals surface area contributed by atoms with Crippen molar-refractivity contribution in [1.29, 1.82) is 0 Å². The molecule has 0 spiro atoms. The molecule has 1 heterocycles. The SMILES string of the molecule is O=C(c1c[nH]c(C(=O)O)c1)c1ccc(F)c(C(F)(F)F)c1. The van der Waals surface area contributed by atoms with E-state index in [1.165, 1.54) is 0 Å². The molecule has 0 aliphatic rings. The maximum atomic E-state index is 13.1. The highest BCUT2D eigenvalue weighted by Crippen LogP contribution is 2.32. The summed E-state index contributed by atoms with van der Waals surface area (Å²) in [6.07, 6.45) is -3.87. The van der Waals surface area contributed by atoms with Gasteiger partial charge in [-0.15, -0.1) is 0 Å². The van der Waals surface area contributed by atoms with Gasteiger partial charge in [-0.2, -0.15) is 13.2 Å². The van der Waals surface area contributed by atoms with Crippen LogP contribution >= 0.6 is 0 Å². The van der Waals surface area contributed by atoms with E-state index in [9.17, 15) is 27.2 Å². The molecule has 0 atom stereocenters. The van der Waals surface area contributed by atoms with Gasteiger partial charge in [-0.25, -0.2) is 9.18 Å². The molecular formula is C13H7F4NO3. The lowest BCUT2D eigenvalue weighted by Gasteiger charge is -2.09. The molecule has 4 nitrogen and oxygen atoms in total. The number of aromatic nitrogens is 1. The normalized spacial score (nSPS) is 11.4. The second-order valence-electron chi connectivity index (χ2n) is 4.13. The molecule has 1 aromatic carbocycles. The van der Waals surface area contributed by atoms with E-state index in [-0.39, 0.29) is 16.8 Å². The maximum absolute atomic E-state index is 13.1. The Morgan fingerprint density at radius 2 is 1.76 bits per heavy atom. The number of carboxylic acid groups (broad SMARTS) is 1. The number of H-pyrrole nitrogens is 1. The molecule has 0 radical (unpaired) electrons. The Bertz CT molecular complexity index is 718. The van der Waals surface area contributed by atoms with E-state index in [1.807, 2.05) is 0 Å². The quantitative estimate of drug-likeness (QED) is 0.676. The van der Waals surface area contributed by atoms with Crippen molar-refractivity contribution < 1.29 is 32.3 Å². The lowest BCUT2D eigenvalue weighted by Crippen LogP contribution is -2.10. The predicted octanol–water partition coefficient (Wildman–Crippen LogP) is 3.10. The Morgan fingerprint density at radius 1 is 1.10 bits per heavy atom. The van der Waals surface area contributed by atoms with Crippen molar-refractivity contribution in [3.8, 4) is 0 Å². The van der Waals surface area contributed by atoms with Gasteiger partial charge in [-0.05, 0) is 24.3 Å². The second-order valence-corrected chi connectivity index (χ2v) is 4.13. The van der Waals surface area contributed by atoms with Crippen molar-refractivity contribution in [2.24, 2.45) is 0 Å². The van der Waals surface area contributed by atoms with Crippen molar-refractivity contribution in [1.82, 2.24) is 4.98 Å². The van der Waals surface area contributed by atoms with Gasteiger partial charge in [0.2, 0.25) is 0 Å². The number of carboxylic acids is 1. The van der Waals surface area contributed by atoms with E-state index in [2.05, 4.69) is 4.98 Å². The summed E-state index contributed by atoms with van der Waals surface area (Å²) in [5.74, 6) is -3.65. The summed E-state index contributed by atoms with van der Waals surface area (Å²) < 4.78 is 50.8. The lowest BCUT2D eigenvalue weighted by molar-refractivity contribution is -0.140. The van der Waals surface area contributed by atoms with Crippen molar-refractivity contribution in [3.63, 3.8) is 0 Å².